The quantitative estimate of drug-likeness (QED) is 0.538. The SMILES string of the molecule is CCS(=O)(=O)Nc1ccc2nc(SCC(=O)Nc3cc(C)ccc3F)sc2c1. The Bertz CT molecular complexity index is 1130. The molecule has 0 radical (unpaired) electrons. The second-order valence-electron chi connectivity index (χ2n) is 5.99. The molecule has 0 saturated carbocycles. The first kappa shape index (κ1) is 20.6. The predicted octanol–water partition coefficient (Wildman–Crippen LogP) is 4.24. The molecule has 10 heteroatoms. The minimum absolute atomic E-state index is 0.00846. The van der Waals surface area contributed by atoms with Crippen LogP contribution in [-0.4, -0.2) is 30.8 Å². The van der Waals surface area contributed by atoms with E-state index < -0.39 is 15.8 Å². The number of nitrogens with one attached hydrogen (secondary N) is 2. The molecular weight excluding hydrogens is 421 g/mol. The summed E-state index contributed by atoms with van der Waals surface area (Å²) in [5, 5.41) is 2.56. The molecule has 2 N–H and O–H groups in total. The number of thioether (sulfide) groups is 1. The van der Waals surface area contributed by atoms with E-state index in [1.54, 1.807) is 37.3 Å². The number of anilines is 2. The van der Waals surface area contributed by atoms with Crippen LogP contribution in [-0.2, 0) is 14.8 Å². The lowest BCUT2D eigenvalue weighted by Crippen LogP contribution is -2.15. The molecule has 3 rings (SSSR count). The monoisotopic (exact) mass is 439 g/mol. The summed E-state index contributed by atoms with van der Waals surface area (Å²) in [6, 6.07) is 9.62. The average Bonchev–Trinajstić information content (AvgIpc) is 3.05. The Morgan fingerprint density at radius 2 is 2.04 bits per heavy atom. The first-order valence-corrected chi connectivity index (χ1v) is 11.8. The van der Waals surface area contributed by atoms with E-state index in [9.17, 15) is 17.6 Å². The van der Waals surface area contributed by atoms with Crippen molar-refractivity contribution < 1.29 is 17.6 Å². The van der Waals surface area contributed by atoms with Crippen molar-refractivity contribution in [3.63, 3.8) is 0 Å². The molecule has 0 saturated heterocycles. The first-order chi connectivity index (χ1) is 13.3. The van der Waals surface area contributed by atoms with Crippen molar-refractivity contribution in [1.29, 1.82) is 0 Å². The molecule has 0 aliphatic carbocycles. The van der Waals surface area contributed by atoms with E-state index in [0.717, 1.165) is 15.8 Å². The molecule has 0 bridgehead atoms. The minimum atomic E-state index is -3.35. The molecule has 0 atom stereocenters. The summed E-state index contributed by atoms with van der Waals surface area (Å²) in [6.45, 7) is 3.38. The summed E-state index contributed by atoms with van der Waals surface area (Å²) in [5.74, 6) is -0.732. The number of thiazole rings is 1. The number of hydrogen-bond acceptors (Lipinski definition) is 6. The Labute approximate surface area is 170 Å². The summed E-state index contributed by atoms with van der Waals surface area (Å²) in [6.07, 6.45) is 0. The molecule has 28 heavy (non-hydrogen) atoms. The molecule has 0 unspecified atom stereocenters. The van der Waals surface area contributed by atoms with E-state index in [-0.39, 0.29) is 23.1 Å². The first-order valence-electron chi connectivity index (χ1n) is 8.35. The Hall–Kier alpha value is -2.17. The van der Waals surface area contributed by atoms with Crippen molar-refractivity contribution in [2.24, 2.45) is 0 Å². The molecule has 6 nitrogen and oxygen atoms in total. The fourth-order valence-electron chi connectivity index (χ4n) is 2.33. The smallest absolute Gasteiger partial charge is 0.234 e. The van der Waals surface area contributed by atoms with Gasteiger partial charge in [-0.25, -0.2) is 17.8 Å². The predicted molar refractivity (Wildman–Crippen MR) is 113 cm³/mol. The number of halogens is 1. The number of benzene rings is 2. The van der Waals surface area contributed by atoms with Gasteiger partial charge in [0.15, 0.2) is 4.34 Å². The number of aromatic nitrogens is 1. The highest BCUT2D eigenvalue weighted by molar-refractivity contribution is 8.01. The summed E-state index contributed by atoms with van der Waals surface area (Å²) >= 11 is 2.60. The maximum Gasteiger partial charge on any atom is 0.234 e. The van der Waals surface area contributed by atoms with Crippen LogP contribution in [0, 0.1) is 12.7 Å². The third kappa shape index (κ3) is 5.21. The molecule has 0 fully saturated rings. The van der Waals surface area contributed by atoms with Crippen molar-refractivity contribution in [3.05, 3.63) is 47.8 Å². The summed E-state index contributed by atoms with van der Waals surface area (Å²) in [7, 11) is -3.35. The normalized spacial score (nSPS) is 11.5. The molecule has 1 heterocycles. The zero-order chi connectivity index (χ0) is 20.3. The van der Waals surface area contributed by atoms with Gasteiger partial charge in [-0.3, -0.25) is 9.52 Å². The van der Waals surface area contributed by atoms with Crippen LogP contribution in [0.2, 0.25) is 0 Å². The van der Waals surface area contributed by atoms with Crippen molar-refractivity contribution in [1.82, 2.24) is 4.98 Å². The van der Waals surface area contributed by atoms with Crippen molar-refractivity contribution in [2.75, 3.05) is 21.5 Å². The van der Waals surface area contributed by atoms with E-state index in [1.807, 2.05) is 6.92 Å². The molecule has 1 amide bonds. The van der Waals surface area contributed by atoms with Crippen LogP contribution in [0.5, 0.6) is 0 Å². The Morgan fingerprint density at radius 3 is 2.79 bits per heavy atom. The van der Waals surface area contributed by atoms with Crippen LogP contribution in [0.1, 0.15) is 12.5 Å². The van der Waals surface area contributed by atoms with Crippen LogP contribution >= 0.6 is 23.1 Å². The lowest BCUT2D eigenvalue weighted by molar-refractivity contribution is -0.113. The molecular formula is C18H18FN3O3S3. The Morgan fingerprint density at radius 1 is 1.25 bits per heavy atom. The lowest BCUT2D eigenvalue weighted by Gasteiger charge is -2.06. The van der Waals surface area contributed by atoms with Gasteiger partial charge in [-0.1, -0.05) is 17.8 Å². The number of nitrogens with zero attached hydrogens (tertiary/aromatic N) is 1. The number of amides is 1. The van der Waals surface area contributed by atoms with E-state index in [1.165, 1.54) is 29.2 Å². The van der Waals surface area contributed by atoms with Gasteiger partial charge in [0.2, 0.25) is 15.9 Å². The van der Waals surface area contributed by atoms with Gasteiger partial charge in [-0.15, -0.1) is 11.3 Å². The minimum Gasteiger partial charge on any atom is -0.323 e. The van der Waals surface area contributed by atoms with Crippen molar-refractivity contribution in [3.8, 4) is 0 Å². The molecule has 0 spiro atoms. The van der Waals surface area contributed by atoms with Gasteiger partial charge in [-0.2, -0.15) is 0 Å². The van der Waals surface area contributed by atoms with Crippen LogP contribution in [0.25, 0.3) is 10.2 Å². The average molecular weight is 440 g/mol. The molecule has 2 aromatic carbocycles. The third-order valence-electron chi connectivity index (χ3n) is 3.74. The maximum atomic E-state index is 13.7. The zero-order valence-corrected chi connectivity index (χ0v) is 17.6. The fraction of sp³-hybridized carbons (Fsp3) is 0.222. The molecule has 0 aliphatic rings. The number of sulfonamides is 1. The lowest BCUT2D eigenvalue weighted by atomic mass is 10.2. The van der Waals surface area contributed by atoms with Crippen LogP contribution < -0.4 is 10.0 Å². The Balaban J connectivity index is 1.66. The number of hydrogen-bond donors (Lipinski definition) is 2. The van der Waals surface area contributed by atoms with Gasteiger partial charge in [0.25, 0.3) is 0 Å². The van der Waals surface area contributed by atoms with E-state index in [0.29, 0.717) is 10.0 Å². The van der Waals surface area contributed by atoms with E-state index in [2.05, 4.69) is 15.0 Å². The number of carbonyl (C=O) groups is 1. The molecule has 0 aliphatic heterocycles. The Kier molecular flexibility index (Phi) is 6.21. The fourth-order valence-corrected chi connectivity index (χ4v) is 4.87. The zero-order valence-electron chi connectivity index (χ0n) is 15.2. The van der Waals surface area contributed by atoms with Crippen LogP contribution in [0.15, 0.2) is 40.7 Å². The number of rotatable bonds is 7. The molecule has 148 valence electrons. The summed E-state index contributed by atoms with van der Waals surface area (Å²) < 4.78 is 41.1. The topological polar surface area (TPSA) is 88.2 Å². The summed E-state index contributed by atoms with van der Waals surface area (Å²) in [5.41, 5.74) is 2.20. The molecule has 3 aromatic rings. The highest BCUT2D eigenvalue weighted by Crippen LogP contribution is 2.31. The standard InChI is InChI=1S/C18H18FN3O3S3/c1-3-28(24,25)22-12-5-7-14-16(9-12)27-18(21-14)26-10-17(23)20-15-8-11(2)4-6-13(15)19/h4-9,22H,3,10H2,1-2H3,(H,20,23). The highest BCUT2D eigenvalue weighted by Gasteiger charge is 2.12. The largest absolute Gasteiger partial charge is 0.323 e. The summed E-state index contributed by atoms with van der Waals surface area (Å²) in [4.78, 5) is 16.5. The van der Waals surface area contributed by atoms with Crippen molar-refractivity contribution >= 4 is 60.6 Å². The number of carbonyl (C=O) groups excluding carboxylic acids is 1. The number of fused-ring (bicyclic) bond motifs is 1. The van der Waals surface area contributed by atoms with Crippen LogP contribution in [0.4, 0.5) is 15.8 Å². The maximum absolute atomic E-state index is 13.7. The van der Waals surface area contributed by atoms with Gasteiger partial charge in [0.1, 0.15) is 5.82 Å². The third-order valence-corrected chi connectivity index (χ3v) is 7.21. The highest BCUT2D eigenvalue weighted by atomic mass is 32.2. The van der Waals surface area contributed by atoms with Crippen molar-refractivity contribution in [2.45, 2.75) is 18.2 Å². The van der Waals surface area contributed by atoms with Gasteiger partial charge in [0.05, 0.1) is 33.1 Å². The van der Waals surface area contributed by atoms with E-state index >= 15 is 0 Å². The second kappa shape index (κ2) is 8.46. The van der Waals surface area contributed by atoms with Gasteiger partial charge in [-0.05, 0) is 49.7 Å². The molecule has 1 aromatic heterocycles. The van der Waals surface area contributed by atoms with Gasteiger partial charge in [0, 0.05) is 0 Å². The van der Waals surface area contributed by atoms with E-state index in [4.69, 9.17) is 0 Å². The van der Waals surface area contributed by atoms with Crippen LogP contribution in [0.3, 0.4) is 0 Å². The second-order valence-corrected chi connectivity index (χ2v) is 10.3. The van der Waals surface area contributed by atoms with Gasteiger partial charge < -0.3 is 5.32 Å². The number of aryl methyl sites for hydroxylation is 1. The van der Waals surface area contributed by atoms with Gasteiger partial charge >= 0.3 is 0 Å².